The fourth-order valence-corrected chi connectivity index (χ4v) is 1.59. The highest BCUT2D eigenvalue weighted by atomic mass is 14.9. The average molecular weight is 170 g/mol. The standard InChI is InChI=1S/C11H10N2/c12-6-10-7-13-8-11(10)9-4-2-1-3-5-9/h1-5,7,11,13H,8H2. The van der Waals surface area contributed by atoms with Gasteiger partial charge < -0.3 is 5.32 Å². The van der Waals surface area contributed by atoms with Gasteiger partial charge in [-0.15, -0.1) is 0 Å². The van der Waals surface area contributed by atoms with Gasteiger partial charge in [0.1, 0.15) is 0 Å². The van der Waals surface area contributed by atoms with Gasteiger partial charge in [-0.3, -0.25) is 0 Å². The van der Waals surface area contributed by atoms with Crippen molar-refractivity contribution in [3.63, 3.8) is 0 Å². The molecule has 0 aromatic heterocycles. The lowest BCUT2D eigenvalue weighted by Gasteiger charge is -2.08. The van der Waals surface area contributed by atoms with Gasteiger partial charge in [-0.05, 0) is 5.56 Å². The summed E-state index contributed by atoms with van der Waals surface area (Å²) in [6.45, 7) is 0.840. The van der Waals surface area contributed by atoms with Gasteiger partial charge in [0.25, 0.3) is 0 Å². The van der Waals surface area contributed by atoms with E-state index in [1.165, 1.54) is 5.56 Å². The molecule has 13 heavy (non-hydrogen) atoms. The third-order valence-electron chi connectivity index (χ3n) is 2.29. The van der Waals surface area contributed by atoms with Crippen molar-refractivity contribution in [3.8, 4) is 6.07 Å². The van der Waals surface area contributed by atoms with Crippen LogP contribution in [-0.2, 0) is 0 Å². The van der Waals surface area contributed by atoms with Crippen LogP contribution in [0.4, 0.5) is 0 Å². The summed E-state index contributed by atoms with van der Waals surface area (Å²) in [4.78, 5) is 0. The Morgan fingerprint density at radius 2 is 2.08 bits per heavy atom. The van der Waals surface area contributed by atoms with Gasteiger partial charge in [-0.25, -0.2) is 0 Å². The first-order valence-corrected chi connectivity index (χ1v) is 4.30. The van der Waals surface area contributed by atoms with Gasteiger partial charge in [0.15, 0.2) is 0 Å². The molecule has 1 aromatic carbocycles. The monoisotopic (exact) mass is 170 g/mol. The molecule has 1 aliphatic rings. The van der Waals surface area contributed by atoms with Gasteiger partial charge in [0.05, 0.1) is 11.6 Å². The maximum atomic E-state index is 8.84. The van der Waals surface area contributed by atoms with Crippen molar-refractivity contribution >= 4 is 0 Å². The molecule has 2 rings (SSSR count). The van der Waals surface area contributed by atoms with Crippen molar-refractivity contribution in [1.82, 2.24) is 5.32 Å². The molecule has 1 heterocycles. The topological polar surface area (TPSA) is 35.8 Å². The molecule has 0 spiro atoms. The van der Waals surface area contributed by atoms with E-state index in [4.69, 9.17) is 5.26 Å². The Morgan fingerprint density at radius 1 is 1.31 bits per heavy atom. The zero-order valence-electron chi connectivity index (χ0n) is 7.20. The van der Waals surface area contributed by atoms with E-state index in [-0.39, 0.29) is 5.92 Å². The molecule has 64 valence electrons. The van der Waals surface area contributed by atoms with Crippen LogP contribution in [0.3, 0.4) is 0 Å². The van der Waals surface area contributed by atoms with Crippen molar-refractivity contribution in [2.45, 2.75) is 5.92 Å². The lowest BCUT2D eigenvalue weighted by molar-refractivity contribution is 0.801. The Labute approximate surface area is 77.5 Å². The first-order chi connectivity index (χ1) is 6.42. The molecule has 0 saturated carbocycles. The van der Waals surface area contributed by atoms with Gasteiger partial charge >= 0.3 is 0 Å². The van der Waals surface area contributed by atoms with Crippen LogP contribution in [0.25, 0.3) is 0 Å². The van der Waals surface area contributed by atoms with E-state index < -0.39 is 0 Å². The summed E-state index contributed by atoms with van der Waals surface area (Å²) < 4.78 is 0. The Balaban J connectivity index is 2.29. The molecule has 0 saturated heterocycles. The van der Waals surface area contributed by atoms with E-state index in [0.717, 1.165) is 12.1 Å². The summed E-state index contributed by atoms with van der Waals surface area (Å²) in [5, 5.41) is 11.9. The van der Waals surface area contributed by atoms with Crippen LogP contribution in [0.1, 0.15) is 11.5 Å². The summed E-state index contributed by atoms with van der Waals surface area (Å²) >= 11 is 0. The molecule has 0 amide bonds. The molecule has 0 aliphatic carbocycles. The van der Waals surface area contributed by atoms with Gasteiger partial charge in [0.2, 0.25) is 0 Å². The van der Waals surface area contributed by atoms with E-state index in [2.05, 4.69) is 23.5 Å². The molecule has 1 aliphatic heterocycles. The maximum absolute atomic E-state index is 8.84. The number of hydrogen-bond donors (Lipinski definition) is 1. The second kappa shape index (κ2) is 3.32. The Bertz CT molecular complexity index is 359. The van der Waals surface area contributed by atoms with Gasteiger partial charge in [-0.2, -0.15) is 5.26 Å². The van der Waals surface area contributed by atoms with Crippen molar-refractivity contribution in [3.05, 3.63) is 47.7 Å². The Hall–Kier alpha value is -1.75. The Morgan fingerprint density at radius 3 is 2.77 bits per heavy atom. The normalized spacial score (nSPS) is 20.2. The van der Waals surface area contributed by atoms with Crippen LogP contribution in [0.5, 0.6) is 0 Å². The number of nitrogens with one attached hydrogen (secondary N) is 1. The molecule has 1 unspecified atom stereocenters. The molecule has 1 atom stereocenters. The predicted molar refractivity (Wildman–Crippen MR) is 50.9 cm³/mol. The van der Waals surface area contributed by atoms with Crippen LogP contribution in [0.2, 0.25) is 0 Å². The molecule has 2 nitrogen and oxygen atoms in total. The molecule has 0 radical (unpaired) electrons. The van der Waals surface area contributed by atoms with Crippen LogP contribution >= 0.6 is 0 Å². The molecule has 0 bridgehead atoms. The highest BCUT2D eigenvalue weighted by Crippen LogP contribution is 2.25. The first-order valence-electron chi connectivity index (χ1n) is 4.30. The zero-order valence-corrected chi connectivity index (χ0v) is 7.20. The van der Waals surface area contributed by atoms with Crippen LogP contribution in [-0.4, -0.2) is 6.54 Å². The highest BCUT2D eigenvalue weighted by Gasteiger charge is 2.19. The average Bonchev–Trinajstić information content (AvgIpc) is 2.67. The van der Waals surface area contributed by atoms with Crippen molar-refractivity contribution in [1.29, 1.82) is 5.26 Å². The van der Waals surface area contributed by atoms with Crippen LogP contribution in [0.15, 0.2) is 42.1 Å². The van der Waals surface area contributed by atoms with E-state index in [1.54, 1.807) is 6.20 Å². The summed E-state index contributed by atoms with van der Waals surface area (Å²) in [5.74, 6) is 0.242. The minimum Gasteiger partial charge on any atom is -0.389 e. The SMILES string of the molecule is N#CC1=CNCC1c1ccccc1. The second-order valence-corrected chi connectivity index (χ2v) is 3.08. The van der Waals surface area contributed by atoms with E-state index in [0.29, 0.717) is 0 Å². The zero-order chi connectivity index (χ0) is 9.10. The quantitative estimate of drug-likeness (QED) is 0.697. The van der Waals surface area contributed by atoms with Crippen molar-refractivity contribution in [2.24, 2.45) is 0 Å². The lowest BCUT2D eigenvalue weighted by Crippen LogP contribution is -2.08. The predicted octanol–water partition coefficient (Wildman–Crippen LogP) is 1.78. The summed E-state index contributed by atoms with van der Waals surface area (Å²) in [5.41, 5.74) is 2.03. The summed E-state index contributed by atoms with van der Waals surface area (Å²) in [7, 11) is 0. The van der Waals surface area contributed by atoms with Crippen molar-refractivity contribution in [2.75, 3.05) is 6.54 Å². The number of hydrogen-bond acceptors (Lipinski definition) is 2. The van der Waals surface area contributed by atoms with Gasteiger partial charge in [-0.1, -0.05) is 30.3 Å². The molecular formula is C11H10N2. The summed E-state index contributed by atoms with van der Waals surface area (Å²) in [6.07, 6.45) is 1.80. The maximum Gasteiger partial charge on any atom is 0.0969 e. The Kier molecular flexibility index (Phi) is 2.01. The highest BCUT2D eigenvalue weighted by molar-refractivity contribution is 5.39. The second-order valence-electron chi connectivity index (χ2n) is 3.08. The molecule has 1 aromatic rings. The van der Waals surface area contributed by atoms with Crippen LogP contribution in [0, 0.1) is 11.3 Å². The van der Waals surface area contributed by atoms with Gasteiger partial charge in [0, 0.05) is 18.7 Å². The fourth-order valence-electron chi connectivity index (χ4n) is 1.59. The molecule has 1 N–H and O–H groups in total. The lowest BCUT2D eigenvalue weighted by atomic mass is 9.94. The molecule has 2 heteroatoms. The molecule has 0 fully saturated rings. The summed E-state index contributed by atoms with van der Waals surface area (Å²) in [6, 6.07) is 12.3. The molecular weight excluding hydrogens is 160 g/mol. The van der Waals surface area contributed by atoms with E-state index in [1.807, 2.05) is 18.2 Å². The van der Waals surface area contributed by atoms with Crippen LogP contribution < -0.4 is 5.32 Å². The van der Waals surface area contributed by atoms with E-state index >= 15 is 0 Å². The number of nitriles is 1. The first kappa shape index (κ1) is 7.88. The number of benzene rings is 1. The number of nitrogens with zero attached hydrogens (tertiary/aromatic N) is 1. The number of rotatable bonds is 1. The smallest absolute Gasteiger partial charge is 0.0969 e. The van der Waals surface area contributed by atoms with Crippen molar-refractivity contribution < 1.29 is 0 Å². The largest absolute Gasteiger partial charge is 0.389 e. The minimum absolute atomic E-state index is 0.242. The third kappa shape index (κ3) is 1.41. The fraction of sp³-hybridized carbons (Fsp3) is 0.182. The minimum atomic E-state index is 0.242. The third-order valence-corrected chi connectivity index (χ3v) is 2.29. The van der Waals surface area contributed by atoms with E-state index in [9.17, 15) is 0 Å².